The molecule has 4 nitrogen and oxygen atoms in total. The normalized spacial score (nSPS) is 17.3. The number of fused-ring (bicyclic) bond motifs is 1. The van der Waals surface area contributed by atoms with E-state index in [-0.39, 0.29) is 11.9 Å². The predicted molar refractivity (Wildman–Crippen MR) is 85.6 cm³/mol. The molecular weight excluding hydrogens is 294 g/mol. The van der Waals surface area contributed by atoms with Gasteiger partial charge < -0.3 is 9.47 Å². The molecule has 0 bridgehead atoms. The second kappa shape index (κ2) is 5.42. The van der Waals surface area contributed by atoms with Gasteiger partial charge in [0.1, 0.15) is 5.82 Å². The van der Waals surface area contributed by atoms with E-state index in [1.807, 2.05) is 46.1 Å². The van der Waals surface area contributed by atoms with Crippen molar-refractivity contribution in [2.24, 2.45) is 0 Å². The van der Waals surface area contributed by atoms with Crippen LogP contribution in [0.5, 0.6) is 0 Å². The fourth-order valence-electron chi connectivity index (χ4n) is 2.93. The van der Waals surface area contributed by atoms with Crippen LogP contribution in [-0.4, -0.2) is 20.4 Å². The van der Waals surface area contributed by atoms with Crippen molar-refractivity contribution >= 4 is 17.2 Å². The molecule has 1 atom stereocenters. The van der Waals surface area contributed by atoms with Gasteiger partial charge in [0, 0.05) is 24.3 Å². The minimum Gasteiger partial charge on any atom is -0.331 e. The molecule has 0 saturated heterocycles. The second-order valence-corrected chi connectivity index (χ2v) is 6.15. The zero-order valence-corrected chi connectivity index (χ0v) is 12.7. The van der Waals surface area contributed by atoms with Crippen molar-refractivity contribution in [1.82, 2.24) is 14.5 Å². The van der Waals surface area contributed by atoms with Crippen LogP contribution in [0.4, 0.5) is 0 Å². The van der Waals surface area contributed by atoms with Gasteiger partial charge in [-0.1, -0.05) is 30.3 Å². The van der Waals surface area contributed by atoms with E-state index in [9.17, 15) is 4.79 Å². The van der Waals surface area contributed by atoms with E-state index in [1.54, 1.807) is 17.5 Å². The Hall–Kier alpha value is -2.40. The quantitative estimate of drug-likeness (QED) is 0.728. The highest BCUT2D eigenvalue weighted by molar-refractivity contribution is 7.08. The van der Waals surface area contributed by atoms with Gasteiger partial charge >= 0.3 is 0 Å². The lowest BCUT2D eigenvalue weighted by Crippen LogP contribution is -2.41. The van der Waals surface area contributed by atoms with E-state index in [0.29, 0.717) is 6.54 Å². The standard InChI is InChI=1S/C17H15N3OS/c21-17(14-6-9-22-12-14)20-11-16-18-7-8-19(16)10-15(20)13-4-2-1-3-5-13/h1-9,12,15H,10-11H2/t15-/m1/s1. The van der Waals surface area contributed by atoms with E-state index in [2.05, 4.69) is 21.7 Å². The summed E-state index contributed by atoms with van der Waals surface area (Å²) in [6, 6.07) is 12.1. The number of aromatic nitrogens is 2. The van der Waals surface area contributed by atoms with Crippen LogP contribution in [0.25, 0.3) is 0 Å². The minimum atomic E-state index is 0.0373. The Bertz CT molecular complexity index is 779. The number of imidazole rings is 1. The summed E-state index contributed by atoms with van der Waals surface area (Å²) in [6.45, 7) is 1.29. The summed E-state index contributed by atoms with van der Waals surface area (Å²) < 4.78 is 2.13. The Kier molecular flexibility index (Phi) is 3.27. The number of carbonyl (C=O) groups excluding carboxylic acids is 1. The molecule has 1 aromatic carbocycles. The molecule has 0 N–H and O–H groups in total. The van der Waals surface area contributed by atoms with Crippen LogP contribution in [0.15, 0.2) is 59.6 Å². The number of hydrogen-bond acceptors (Lipinski definition) is 3. The van der Waals surface area contributed by atoms with Gasteiger partial charge in [0.2, 0.25) is 0 Å². The molecule has 0 radical (unpaired) electrons. The molecule has 110 valence electrons. The van der Waals surface area contributed by atoms with Gasteiger partial charge in [-0.15, -0.1) is 0 Å². The monoisotopic (exact) mass is 309 g/mol. The Morgan fingerprint density at radius 2 is 2.09 bits per heavy atom. The van der Waals surface area contributed by atoms with Crippen molar-refractivity contribution in [1.29, 1.82) is 0 Å². The van der Waals surface area contributed by atoms with Gasteiger partial charge in [-0.05, 0) is 17.0 Å². The maximum Gasteiger partial charge on any atom is 0.255 e. The minimum absolute atomic E-state index is 0.0373. The Balaban J connectivity index is 1.74. The summed E-state index contributed by atoms with van der Waals surface area (Å²) in [6.07, 6.45) is 3.79. The van der Waals surface area contributed by atoms with Crippen LogP contribution in [0.3, 0.4) is 0 Å². The first-order valence-electron chi connectivity index (χ1n) is 7.21. The third kappa shape index (κ3) is 2.23. The van der Waals surface area contributed by atoms with Crippen LogP contribution in [0.1, 0.15) is 27.8 Å². The molecule has 2 aromatic heterocycles. The molecule has 0 fully saturated rings. The molecule has 3 heterocycles. The molecule has 3 aromatic rings. The second-order valence-electron chi connectivity index (χ2n) is 5.37. The highest BCUT2D eigenvalue weighted by Crippen LogP contribution is 2.30. The van der Waals surface area contributed by atoms with Crippen molar-refractivity contribution in [3.63, 3.8) is 0 Å². The summed E-state index contributed by atoms with van der Waals surface area (Å²) in [5, 5.41) is 3.85. The van der Waals surface area contributed by atoms with Gasteiger partial charge in [0.25, 0.3) is 5.91 Å². The summed E-state index contributed by atoms with van der Waals surface area (Å²) in [7, 11) is 0. The number of thiophene rings is 1. The Morgan fingerprint density at radius 1 is 1.23 bits per heavy atom. The number of rotatable bonds is 2. The van der Waals surface area contributed by atoms with Gasteiger partial charge in [0.15, 0.2) is 0 Å². The summed E-state index contributed by atoms with van der Waals surface area (Å²) >= 11 is 1.55. The molecule has 0 unspecified atom stereocenters. The SMILES string of the molecule is O=C(c1ccsc1)N1Cc2nccn2C[C@@H]1c1ccccc1. The molecule has 22 heavy (non-hydrogen) atoms. The fraction of sp³-hybridized carbons (Fsp3) is 0.176. The predicted octanol–water partition coefficient (Wildman–Crippen LogP) is 3.34. The molecule has 0 aliphatic carbocycles. The van der Waals surface area contributed by atoms with Crippen molar-refractivity contribution < 1.29 is 4.79 Å². The molecular formula is C17H15N3OS. The molecule has 0 saturated carbocycles. The van der Waals surface area contributed by atoms with Crippen molar-refractivity contribution in [3.8, 4) is 0 Å². The van der Waals surface area contributed by atoms with E-state index in [1.165, 1.54) is 0 Å². The van der Waals surface area contributed by atoms with Crippen molar-refractivity contribution in [2.75, 3.05) is 0 Å². The summed E-state index contributed by atoms with van der Waals surface area (Å²) in [5.41, 5.74) is 1.91. The maximum absolute atomic E-state index is 12.9. The highest BCUT2D eigenvalue weighted by Gasteiger charge is 2.32. The number of benzene rings is 1. The molecule has 0 spiro atoms. The topological polar surface area (TPSA) is 38.1 Å². The number of nitrogens with zero attached hydrogens (tertiary/aromatic N) is 3. The Labute approximate surface area is 132 Å². The molecule has 1 amide bonds. The van der Waals surface area contributed by atoms with Crippen molar-refractivity contribution in [2.45, 2.75) is 19.1 Å². The molecule has 4 rings (SSSR count). The van der Waals surface area contributed by atoms with Crippen LogP contribution in [0, 0.1) is 0 Å². The average Bonchev–Trinajstić information content (AvgIpc) is 3.25. The van der Waals surface area contributed by atoms with Crippen molar-refractivity contribution in [3.05, 3.63) is 76.5 Å². The summed E-state index contributed by atoms with van der Waals surface area (Å²) in [4.78, 5) is 19.2. The van der Waals surface area contributed by atoms with Crippen LogP contribution in [-0.2, 0) is 13.1 Å². The third-order valence-corrected chi connectivity index (χ3v) is 4.76. The number of hydrogen-bond donors (Lipinski definition) is 0. The first-order valence-corrected chi connectivity index (χ1v) is 8.15. The lowest BCUT2D eigenvalue weighted by molar-refractivity contribution is 0.0585. The zero-order chi connectivity index (χ0) is 14.9. The first kappa shape index (κ1) is 13.3. The van der Waals surface area contributed by atoms with Gasteiger partial charge in [-0.2, -0.15) is 11.3 Å². The third-order valence-electron chi connectivity index (χ3n) is 4.07. The van der Waals surface area contributed by atoms with E-state index < -0.39 is 0 Å². The molecule has 1 aliphatic rings. The van der Waals surface area contributed by atoms with Crippen LogP contribution >= 0.6 is 11.3 Å². The largest absolute Gasteiger partial charge is 0.331 e. The fourth-order valence-corrected chi connectivity index (χ4v) is 3.56. The van der Waals surface area contributed by atoms with Crippen LogP contribution in [0.2, 0.25) is 0 Å². The van der Waals surface area contributed by atoms with Gasteiger partial charge in [-0.25, -0.2) is 4.98 Å². The first-order chi connectivity index (χ1) is 10.8. The molecule has 1 aliphatic heterocycles. The highest BCUT2D eigenvalue weighted by atomic mass is 32.1. The average molecular weight is 309 g/mol. The maximum atomic E-state index is 12.9. The van der Waals surface area contributed by atoms with E-state index in [0.717, 1.165) is 23.5 Å². The van der Waals surface area contributed by atoms with E-state index >= 15 is 0 Å². The van der Waals surface area contributed by atoms with E-state index in [4.69, 9.17) is 0 Å². The Morgan fingerprint density at radius 3 is 2.86 bits per heavy atom. The number of amides is 1. The lowest BCUT2D eigenvalue weighted by atomic mass is 10.0. The van der Waals surface area contributed by atoms with Gasteiger partial charge in [0.05, 0.1) is 18.2 Å². The summed E-state index contributed by atoms with van der Waals surface area (Å²) in [5.74, 6) is 1.01. The van der Waals surface area contributed by atoms with Gasteiger partial charge in [-0.3, -0.25) is 4.79 Å². The van der Waals surface area contributed by atoms with Crippen LogP contribution < -0.4 is 0 Å². The zero-order valence-electron chi connectivity index (χ0n) is 11.9. The molecule has 5 heteroatoms. The smallest absolute Gasteiger partial charge is 0.255 e. The number of carbonyl (C=O) groups is 1. The lowest BCUT2D eigenvalue weighted by Gasteiger charge is -2.36.